The van der Waals surface area contributed by atoms with Gasteiger partial charge < -0.3 is 24.7 Å². The van der Waals surface area contributed by atoms with Crippen molar-refractivity contribution in [3.8, 4) is 0 Å². The number of nitrogens with one attached hydrogen (secondary N) is 1. The largest absolute Gasteiger partial charge is 0.408 e. The highest BCUT2D eigenvalue weighted by Crippen LogP contribution is 2.46. The van der Waals surface area contributed by atoms with E-state index in [0.29, 0.717) is 22.8 Å². The van der Waals surface area contributed by atoms with E-state index in [1.165, 1.54) is 10.9 Å². The summed E-state index contributed by atoms with van der Waals surface area (Å²) < 4.78 is 29.6. The van der Waals surface area contributed by atoms with Crippen LogP contribution in [-0.2, 0) is 9.16 Å². The predicted octanol–water partition coefficient (Wildman–Crippen LogP) is 2.16. The van der Waals surface area contributed by atoms with Crippen molar-refractivity contribution in [3.05, 3.63) is 12.2 Å². The SMILES string of the molecule is CNc1nc(C)nc2c1ncn2[C@@H]1OC(CO)(CO)C(O[Si](C)(C)C(C)(C)C)[C@@H]1F. The molecule has 0 aromatic carbocycles. The summed E-state index contributed by atoms with van der Waals surface area (Å²) in [7, 11) is -0.709. The van der Waals surface area contributed by atoms with Gasteiger partial charge in [0.05, 0.1) is 19.5 Å². The number of ether oxygens (including phenoxy) is 1. The van der Waals surface area contributed by atoms with Gasteiger partial charge in [-0.15, -0.1) is 0 Å². The zero-order chi connectivity index (χ0) is 22.5. The van der Waals surface area contributed by atoms with Crippen molar-refractivity contribution in [3.63, 3.8) is 0 Å². The van der Waals surface area contributed by atoms with Crippen molar-refractivity contribution < 1.29 is 23.8 Å². The third-order valence-corrected chi connectivity index (χ3v) is 10.7. The number of aliphatic hydroxyl groups is 2. The molecular formula is C19H32FN5O4Si. The fraction of sp³-hybridized carbons (Fsp3) is 0.737. The maximum absolute atomic E-state index is 15.9. The third-order valence-electron chi connectivity index (χ3n) is 6.24. The molecule has 3 rings (SSSR count). The second kappa shape index (κ2) is 7.79. The standard InChI is InChI=1S/C19H32FN5O4Si/c1-11-23-15(21-5)13-16(24-11)25(10-22-13)17-12(20)14(19(8-26,9-27)28-17)29-30(6,7)18(2,3)4/h10,12,14,17,26-27H,8-9H2,1-7H3,(H,21,23,24)/t12-,14?,17+/m0/s1. The molecule has 2 aromatic rings. The average Bonchev–Trinajstić information content (AvgIpc) is 3.20. The average molecular weight is 442 g/mol. The molecule has 0 amide bonds. The molecule has 11 heteroatoms. The van der Waals surface area contributed by atoms with E-state index in [1.807, 2.05) is 33.9 Å². The van der Waals surface area contributed by atoms with Crippen LogP contribution in [0, 0.1) is 6.92 Å². The Bertz CT molecular complexity index is 912. The number of fused-ring (bicyclic) bond motifs is 1. The first-order chi connectivity index (χ1) is 13.9. The van der Waals surface area contributed by atoms with Crippen LogP contribution in [0.1, 0.15) is 32.8 Å². The van der Waals surface area contributed by atoms with Crippen LogP contribution in [0.3, 0.4) is 0 Å². The van der Waals surface area contributed by atoms with Gasteiger partial charge in [-0.1, -0.05) is 20.8 Å². The van der Waals surface area contributed by atoms with E-state index in [2.05, 4.69) is 20.3 Å². The Morgan fingerprint density at radius 1 is 1.30 bits per heavy atom. The minimum Gasteiger partial charge on any atom is -0.408 e. The fourth-order valence-electron chi connectivity index (χ4n) is 3.38. The number of anilines is 1. The van der Waals surface area contributed by atoms with Crippen LogP contribution < -0.4 is 5.32 Å². The molecule has 9 nitrogen and oxygen atoms in total. The van der Waals surface area contributed by atoms with Crippen LogP contribution in [-0.4, -0.2) is 76.2 Å². The van der Waals surface area contributed by atoms with E-state index < -0.39 is 45.6 Å². The third kappa shape index (κ3) is 3.62. The molecule has 3 heterocycles. The number of aromatic nitrogens is 4. The maximum Gasteiger partial charge on any atom is 0.192 e. The van der Waals surface area contributed by atoms with Gasteiger partial charge in [-0.25, -0.2) is 19.3 Å². The van der Waals surface area contributed by atoms with Gasteiger partial charge in [0.25, 0.3) is 0 Å². The van der Waals surface area contributed by atoms with Gasteiger partial charge in [-0.2, -0.15) is 0 Å². The summed E-state index contributed by atoms with van der Waals surface area (Å²) in [5.74, 6) is 1.01. The summed E-state index contributed by atoms with van der Waals surface area (Å²) in [6.45, 7) is 10.7. The molecule has 30 heavy (non-hydrogen) atoms. The first kappa shape index (κ1) is 23.0. The fourth-order valence-corrected chi connectivity index (χ4v) is 4.71. The molecule has 168 valence electrons. The smallest absolute Gasteiger partial charge is 0.192 e. The van der Waals surface area contributed by atoms with Crippen molar-refractivity contribution in [2.24, 2.45) is 0 Å². The van der Waals surface area contributed by atoms with Crippen molar-refractivity contribution in [2.45, 2.75) is 69.9 Å². The zero-order valence-corrected chi connectivity index (χ0v) is 19.6. The molecule has 1 aliphatic rings. The van der Waals surface area contributed by atoms with Crippen LogP contribution >= 0.6 is 0 Å². The summed E-state index contributed by atoms with van der Waals surface area (Å²) in [6, 6.07) is 0. The highest BCUT2D eigenvalue weighted by atomic mass is 28.4. The number of aliphatic hydroxyl groups excluding tert-OH is 2. The Labute approximate surface area is 176 Å². The van der Waals surface area contributed by atoms with E-state index >= 15 is 4.39 Å². The number of halogens is 1. The topological polar surface area (TPSA) is 115 Å². The van der Waals surface area contributed by atoms with E-state index in [-0.39, 0.29) is 5.04 Å². The summed E-state index contributed by atoms with van der Waals surface area (Å²) >= 11 is 0. The van der Waals surface area contributed by atoms with E-state index in [1.54, 1.807) is 14.0 Å². The molecule has 0 spiro atoms. The Morgan fingerprint density at radius 2 is 1.93 bits per heavy atom. The summed E-state index contributed by atoms with van der Waals surface area (Å²) in [6.07, 6.45) is -2.51. The number of nitrogens with zero attached hydrogens (tertiary/aromatic N) is 4. The maximum atomic E-state index is 15.9. The van der Waals surface area contributed by atoms with Crippen LogP contribution in [0.25, 0.3) is 11.2 Å². The second-order valence-electron chi connectivity index (χ2n) is 9.33. The van der Waals surface area contributed by atoms with Gasteiger partial charge >= 0.3 is 0 Å². The Kier molecular flexibility index (Phi) is 5.97. The summed E-state index contributed by atoms with van der Waals surface area (Å²) in [5.41, 5.74) is -0.701. The van der Waals surface area contributed by atoms with Gasteiger partial charge in [0.15, 0.2) is 37.7 Å². The normalized spacial score (nSPS) is 24.5. The zero-order valence-electron chi connectivity index (χ0n) is 18.6. The molecule has 3 N–H and O–H groups in total. The summed E-state index contributed by atoms with van der Waals surface area (Å²) in [5, 5.41) is 22.9. The highest BCUT2D eigenvalue weighted by molar-refractivity contribution is 6.74. The summed E-state index contributed by atoms with van der Waals surface area (Å²) in [4.78, 5) is 13.0. The molecule has 0 bridgehead atoms. The highest BCUT2D eigenvalue weighted by Gasteiger charge is 2.59. The number of hydrogen-bond donors (Lipinski definition) is 3. The van der Waals surface area contributed by atoms with E-state index in [9.17, 15) is 10.2 Å². The molecule has 1 saturated heterocycles. The molecule has 0 saturated carbocycles. The number of hydrogen-bond acceptors (Lipinski definition) is 8. The number of imidazole rings is 1. The molecule has 2 aromatic heterocycles. The first-order valence-corrected chi connectivity index (χ1v) is 12.9. The van der Waals surface area contributed by atoms with Crippen molar-refractivity contribution >= 4 is 25.3 Å². The quantitative estimate of drug-likeness (QED) is 0.584. The molecular weight excluding hydrogens is 409 g/mol. The minimum atomic E-state index is -2.43. The molecule has 0 aliphatic carbocycles. The van der Waals surface area contributed by atoms with Crippen LogP contribution in [0.5, 0.6) is 0 Å². The molecule has 1 unspecified atom stereocenters. The van der Waals surface area contributed by atoms with Crippen molar-refractivity contribution in [1.29, 1.82) is 0 Å². The lowest BCUT2D eigenvalue weighted by molar-refractivity contribution is -0.146. The Hall–Kier alpha value is -1.66. The second-order valence-corrected chi connectivity index (χ2v) is 14.1. The number of rotatable bonds is 6. The van der Waals surface area contributed by atoms with Crippen molar-refractivity contribution in [2.75, 3.05) is 25.6 Å². The number of alkyl halides is 1. The lowest BCUT2D eigenvalue weighted by atomic mass is 9.98. The lowest BCUT2D eigenvalue weighted by Gasteiger charge is -2.42. The molecule has 0 radical (unpaired) electrons. The first-order valence-electron chi connectivity index (χ1n) is 10.0. The van der Waals surface area contributed by atoms with Crippen LogP contribution in [0.15, 0.2) is 6.33 Å². The molecule has 1 fully saturated rings. The van der Waals surface area contributed by atoms with Crippen molar-refractivity contribution in [1.82, 2.24) is 19.5 Å². The van der Waals surface area contributed by atoms with Gasteiger partial charge in [0.1, 0.15) is 17.5 Å². The van der Waals surface area contributed by atoms with Crippen LogP contribution in [0.4, 0.5) is 10.2 Å². The van der Waals surface area contributed by atoms with E-state index in [0.717, 1.165) is 0 Å². The predicted molar refractivity (Wildman–Crippen MR) is 114 cm³/mol. The van der Waals surface area contributed by atoms with Gasteiger partial charge in [0.2, 0.25) is 0 Å². The Morgan fingerprint density at radius 3 is 2.47 bits per heavy atom. The van der Waals surface area contributed by atoms with Gasteiger partial charge in [-0.05, 0) is 25.1 Å². The Balaban J connectivity index is 2.06. The molecule has 1 aliphatic heterocycles. The van der Waals surface area contributed by atoms with Gasteiger partial charge in [-0.3, -0.25) is 4.57 Å². The minimum absolute atomic E-state index is 0.185. The van der Waals surface area contributed by atoms with Gasteiger partial charge in [0, 0.05) is 7.05 Å². The monoisotopic (exact) mass is 441 g/mol. The molecule has 3 atom stereocenters. The van der Waals surface area contributed by atoms with E-state index in [4.69, 9.17) is 9.16 Å². The van der Waals surface area contributed by atoms with Crippen LogP contribution in [0.2, 0.25) is 18.1 Å². The number of aryl methyl sites for hydroxylation is 1. The lowest BCUT2D eigenvalue weighted by Crippen LogP contribution is -2.56.